The third kappa shape index (κ3) is 3.73. The number of imide groups is 1. The zero-order valence-corrected chi connectivity index (χ0v) is 12.8. The van der Waals surface area contributed by atoms with Crippen molar-refractivity contribution in [1.29, 1.82) is 0 Å². The first-order chi connectivity index (χ1) is 9.58. The van der Waals surface area contributed by atoms with Crippen molar-refractivity contribution >= 4 is 50.6 Å². The van der Waals surface area contributed by atoms with Crippen LogP contribution in [0.4, 0.5) is 15.3 Å². The minimum absolute atomic E-state index is 0.183. The molecule has 1 heterocycles. The molecule has 2 rings (SSSR count). The summed E-state index contributed by atoms with van der Waals surface area (Å²) in [5.41, 5.74) is 0.647. The van der Waals surface area contributed by atoms with Crippen molar-refractivity contribution < 1.29 is 14.4 Å². The van der Waals surface area contributed by atoms with Crippen molar-refractivity contribution in [3.8, 4) is 0 Å². The molecule has 0 spiro atoms. The smallest absolute Gasteiger partial charge is 0.319 e. The Morgan fingerprint density at radius 1 is 1.35 bits per heavy atom. The third-order valence-corrected chi connectivity index (χ3v) is 4.13. The van der Waals surface area contributed by atoms with Crippen LogP contribution in [0.5, 0.6) is 0 Å². The van der Waals surface area contributed by atoms with Gasteiger partial charge in [0.05, 0.1) is 11.4 Å². The molecule has 2 N–H and O–H groups in total. The summed E-state index contributed by atoms with van der Waals surface area (Å²) in [7, 11) is 0. The number of nitrogens with one attached hydrogen (secondary N) is 2. The van der Waals surface area contributed by atoms with Gasteiger partial charge < -0.3 is 10.6 Å². The summed E-state index contributed by atoms with van der Waals surface area (Å²) in [6.07, 6.45) is 0. The molecule has 0 atom stereocenters. The number of thioether (sulfide) groups is 1. The van der Waals surface area contributed by atoms with Crippen LogP contribution in [0.1, 0.15) is 0 Å². The van der Waals surface area contributed by atoms with Gasteiger partial charge in [-0.25, -0.2) is 4.79 Å². The molecule has 20 heavy (non-hydrogen) atoms. The molecule has 0 saturated carbocycles. The molecular formula is C12H12BrN3O3S. The highest BCUT2D eigenvalue weighted by Gasteiger charge is 2.29. The summed E-state index contributed by atoms with van der Waals surface area (Å²) in [5.74, 6) is -0.0323. The average Bonchev–Trinajstić information content (AvgIpc) is 2.73. The molecule has 0 aliphatic carbocycles. The molecule has 1 fully saturated rings. The van der Waals surface area contributed by atoms with E-state index in [4.69, 9.17) is 0 Å². The van der Waals surface area contributed by atoms with E-state index < -0.39 is 0 Å². The number of hydrogen-bond donors (Lipinski definition) is 2. The fraction of sp³-hybridized carbons (Fsp3) is 0.250. The van der Waals surface area contributed by atoms with Crippen LogP contribution in [0.15, 0.2) is 28.7 Å². The number of nitrogens with zero attached hydrogens (tertiary/aromatic N) is 1. The summed E-state index contributed by atoms with van der Waals surface area (Å²) in [5, 5.41) is 5.01. The number of halogens is 1. The van der Waals surface area contributed by atoms with Crippen LogP contribution in [-0.4, -0.2) is 40.9 Å². The zero-order valence-electron chi connectivity index (χ0n) is 10.4. The SMILES string of the molecule is O=C(NCCN1C(=O)CSC1=O)Nc1ccccc1Br. The molecule has 6 nitrogen and oxygen atoms in total. The number of benzene rings is 1. The van der Waals surface area contributed by atoms with E-state index in [0.717, 1.165) is 21.1 Å². The fourth-order valence-electron chi connectivity index (χ4n) is 1.61. The summed E-state index contributed by atoms with van der Waals surface area (Å²) in [6.45, 7) is 0.405. The van der Waals surface area contributed by atoms with Crippen molar-refractivity contribution in [3.63, 3.8) is 0 Å². The lowest BCUT2D eigenvalue weighted by atomic mass is 10.3. The van der Waals surface area contributed by atoms with Crippen molar-refractivity contribution in [2.24, 2.45) is 0 Å². The van der Waals surface area contributed by atoms with Crippen LogP contribution in [-0.2, 0) is 4.79 Å². The Morgan fingerprint density at radius 3 is 2.75 bits per heavy atom. The maximum Gasteiger partial charge on any atom is 0.319 e. The number of carbonyl (C=O) groups is 3. The number of amides is 4. The van der Waals surface area contributed by atoms with Crippen LogP contribution in [0.25, 0.3) is 0 Å². The second-order valence-electron chi connectivity index (χ2n) is 3.96. The van der Waals surface area contributed by atoms with E-state index in [1.54, 1.807) is 12.1 Å². The molecule has 1 aromatic rings. The van der Waals surface area contributed by atoms with Gasteiger partial charge in [0.15, 0.2) is 0 Å². The molecule has 1 aromatic carbocycles. The molecule has 8 heteroatoms. The summed E-state index contributed by atoms with van der Waals surface area (Å²) in [6, 6.07) is 6.83. The van der Waals surface area contributed by atoms with Gasteiger partial charge in [-0.1, -0.05) is 23.9 Å². The van der Waals surface area contributed by atoms with Crippen molar-refractivity contribution in [3.05, 3.63) is 28.7 Å². The monoisotopic (exact) mass is 357 g/mol. The Bertz CT molecular complexity index is 537. The Kier molecular flexibility index (Phi) is 5.02. The van der Waals surface area contributed by atoms with Gasteiger partial charge in [0.25, 0.3) is 5.24 Å². The summed E-state index contributed by atoms with van der Waals surface area (Å²) < 4.78 is 0.774. The van der Waals surface area contributed by atoms with Crippen molar-refractivity contribution in [1.82, 2.24) is 10.2 Å². The molecule has 0 unspecified atom stereocenters. The lowest BCUT2D eigenvalue weighted by Crippen LogP contribution is -2.39. The van der Waals surface area contributed by atoms with Crippen molar-refractivity contribution in [2.45, 2.75) is 0 Å². The van der Waals surface area contributed by atoms with E-state index in [0.29, 0.717) is 5.69 Å². The molecule has 1 saturated heterocycles. The molecule has 0 bridgehead atoms. The number of anilines is 1. The third-order valence-electron chi connectivity index (χ3n) is 2.58. The van der Waals surface area contributed by atoms with Gasteiger partial charge in [-0.15, -0.1) is 0 Å². The maximum atomic E-state index is 11.7. The largest absolute Gasteiger partial charge is 0.336 e. The predicted molar refractivity (Wildman–Crippen MR) is 80.7 cm³/mol. The molecule has 0 radical (unpaired) electrons. The van der Waals surface area contributed by atoms with Gasteiger partial charge in [0.1, 0.15) is 0 Å². The van der Waals surface area contributed by atoms with Gasteiger partial charge in [0.2, 0.25) is 5.91 Å². The Balaban J connectivity index is 1.77. The van der Waals surface area contributed by atoms with Crippen molar-refractivity contribution in [2.75, 3.05) is 24.2 Å². The second-order valence-corrected chi connectivity index (χ2v) is 5.74. The average molecular weight is 358 g/mol. The molecule has 1 aliphatic heterocycles. The highest BCUT2D eigenvalue weighted by Crippen LogP contribution is 2.21. The number of hydrogen-bond acceptors (Lipinski definition) is 4. The van der Waals surface area contributed by atoms with Crippen LogP contribution in [0, 0.1) is 0 Å². The van der Waals surface area contributed by atoms with Gasteiger partial charge in [-0.2, -0.15) is 0 Å². The minimum atomic E-state index is -0.386. The number of carbonyl (C=O) groups excluding carboxylic acids is 3. The highest BCUT2D eigenvalue weighted by atomic mass is 79.9. The Morgan fingerprint density at radius 2 is 2.10 bits per heavy atom. The van der Waals surface area contributed by atoms with Crippen LogP contribution in [0.2, 0.25) is 0 Å². The van der Waals surface area contributed by atoms with Crippen LogP contribution >= 0.6 is 27.7 Å². The fourth-order valence-corrected chi connectivity index (χ4v) is 2.74. The topological polar surface area (TPSA) is 78.5 Å². The maximum absolute atomic E-state index is 11.7. The lowest BCUT2D eigenvalue weighted by Gasteiger charge is -2.13. The van der Waals surface area contributed by atoms with E-state index in [1.807, 2.05) is 12.1 Å². The molecule has 1 aliphatic rings. The van der Waals surface area contributed by atoms with E-state index in [-0.39, 0.29) is 36.0 Å². The normalized spacial score (nSPS) is 14.6. The van der Waals surface area contributed by atoms with Gasteiger partial charge in [-0.3, -0.25) is 14.5 Å². The first-order valence-electron chi connectivity index (χ1n) is 5.84. The quantitative estimate of drug-likeness (QED) is 0.866. The van der Waals surface area contributed by atoms with Crippen LogP contribution in [0.3, 0.4) is 0 Å². The van der Waals surface area contributed by atoms with E-state index >= 15 is 0 Å². The molecule has 0 aromatic heterocycles. The highest BCUT2D eigenvalue weighted by molar-refractivity contribution is 9.10. The van der Waals surface area contributed by atoms with E-state index in [2.05, 4.69) is 26.6 Å². The summed E-state index contributed by atoms with van der Waals surface area (Å²) >= 11 is 4.30. The summed E-state index contributed by atoms with van der Waals surface area (Å²) in [4.78, 5) is 35.5. The zero-order chi connectivity index (χ0) is 14.5. The minimum Gasteiger partial charge on any atom is -0.336 e. The molecule has 4 amide bonds. The second kappa shape index (κ2) is 6.76. The molecule has 106 valence electrons. The van der Waals surface area contributed by atoms with Crippen LogP contribution < -0.4 is 10.6 Å². The van der Waals surface area contributed by atoms with Gasteiger partial charge >= 0.3 is 6.03 Å². The predicted octanol–water partition coefficient (Wildman–Crippen LogP) is 2.27. The standard InChI is InChI=1S/C12H12BrN3O3S/c13-8-3-1-2-4-9(8)15-11(18)14-5-6-16-10(17)7-20-12(16)19/h1-4H,5-7H2,(H2,14,15,18). The first-order valence-corrected chi connectivity index (χ1v) is 7.62. The van der Waals surface area contributed by atoms with Gasteiger partial charge in [0, 0.05) is 17.6 Å². The number of urea groups is 1. The van der Waals surface area contributed by atoms with E-state index in [9.17, 15) is 14.4 Å². The Hall–Kier alpha value is -1.54. The first kappa shape index (κ1) is 14.9. The molecular weight excluding hydrogens is 346 g/mol. The number of para-hydroxylation sites is 1. The van der Waals surface area contributed by atoms with E-state index in [1.165, 1.54) is 0 Å². The Labute approximate surface area is 128 Å². The van der Waals surface area contributed by atoms with Gasteiger partial charge in [-0.05, 0) is 28.1 Å². The number of rotatable bonds is 4. The lowest BCUT2D eigenvalue weighted by molar-refractivity contribution is -0.124.